The predicted molar refractivity (Wildman–Crippen MR) is 61.0 cm³/mol. The molecule has 0 saturated heterocycles. The van der Waals surface area contributed by atoms with E-state index in [0.717, 1.165) is 12.8 Å². The smallest absolute Gasteiger partial charge is 0.307 e. The zero-order valence-electron chi connectivity index (χ0n) is 10.0. The fourth-order valence-corrected chi connectivity index (χ4v) is 1.88. The molecule has 1 rings (SSSR count). The van der Waals surface area contributed by atoms with E-state index in [-0.39, 0.29) is 17.9 Å². The zero-order valence-corrected chi connectivity index (χ0v) is 10.0. The average Bonchev–Trinajstić information content (AvgIpc) is 2.97. The molecule has 1 unspecified atom stereocenters. The highest BCUT2D eigenvalue weighted by Crippen LogP contribution is 2.38. The lowest BCUT2D eigenvalue weighted by molar-refractivity contribution is -0.140. The predicted octanol–water partition coefficient (Wildman–Crippen LogP) is 1.79. The van der Waals surface area contributed by atoms with Gasteiger partial charge in [-0.1, -0.05) is 26.2 Å². The Bertz CT molecular complexity index is 265. The van der Waals surface area contributed by atoms with E-state index in [1.54, 1.807) is 0 Å². The van der Waals surface area contributed by atoms with Crippen molar-refractivity contribution >= 4 is 11.9 Å². The Kier molecular flexibility index (Phi) is 4.77. The molecule has 16 heavy (non-hydrogen) atoms. The van der Waals surface area contributed by atoms with E-state index >= 15 is 0 Å². The molecule has 0 heterocycles. The minimum absolute atomic E-state index is 0.0867. The van der Waals surface area contributed by atoms with Gasteiger partial charge in [-0.2, -0.15) is 0 Å². The highest BCUT2D eigenvalue weighted by Gasteiger charge is 2.48. The monoisotopic (exact) mass is 227 g/mol. The van der Waals surface area contributed by atoms with Gasteiger partial charge in [-0.3, -0.25) is 9.59 Å². The van der Waals surface area contributed by atoms with Gasteiger partial charge in [0.25, 0.3) is 0 Å². The molecule has 0 aromatic rings. The van der Waals surface area contributed by atoms with E-state index in [0.29, 0.717) is 6.42 Å². The standard InChI is InChI=1S/C12H21NO3/c1-3-4-5-6-8(2)13-11(14)9-7-10(9)12(15)16/h8-10H,3-7H2,1-2H3,(H,13,14)(H,15,16)/t8?,9-,10+/m1/s1. The summed E-state index contributed by atoms with van der Waals surface area (Å²) in [5.74, 6) is -1.66. The molecule has 1 saturated carbocycles. The van der Waals surface area contributed by atoms with Crippen molar-refractivity contribution in [3.8, 4) is 0 Å². The number of aliphatic carboxylic acids is 1. The fraction of sp³-hybridized carbons (Fsp3) is 0.833. The lowest BCUT2D eigenvalue weighted by Crippen LogP contribution is -2.34. The Balaban J connectivity index is 2.17. The Labute approximate surface area is 96.4 Å². The van der Waals surface area contributed by atoms with Crippen LogP contribution in [0.15, 0.2) is 0 Å². The molecule has 0 aromatic heterocycles. The van der Waals surface area contributed by atoms with Crippen LogP contribution in [0.4, 0.5) is 0 Å². The molecule has 4 nitrogen and oxygen atoms in total. The summed E-state index contributed by atoms with van der Waals surface area (Å²) >= 11 is 0. The minimum atomic E-state index is -0.848. The van der Waals surface area contributed by atoms with Crippen molar-refractivity contribution in [1.29, 1.82) is 0 Å². The molecule has 1 fully saturated rings. The molecule has 0 radical (unpaired) electrons. The first kappa shape index (κ1) is 13.0. The van der Waals surface area contributed by atoms with Crippen LogP contribution in [0.5, 0.6) is 0 Å². The molecular weight excluding hydrogens is 206 g/mol. The summed E-state index contributed by atoms with van der Waals surface area (Å²) in [6, 6.07) is 0.161. The van der Waals surface area contributed by atoms with Crippen LogP contribution in [0.1, 0.15) is 46.0 Å². The van der Waals surface area contributed by atoms with Gasteiger partial charge >= 0.3 is 5.97 Å². The van der Waals surface area contributed by atoms with Crippen molar-refractivity contribution < 1.29 is 14.7 Å². The third-order valence-electron chi connectivity index (χ3n) is 3.07. The summed E-state index contributed by atoms with van der Waals surface area (Å²) in [7, 11) is 0. The van der Waals surface area contributed by atoms with Gasteiger partial charge in [-0.25, -0.2) is 0 Å². The number of nitrogens with one attached hydrogen (secondary N) is 1. The van der Waals surface area contributed by atoms with Gasteiger partial charge in [0.2, 0.25) is 5.91 Å². The van der Waals surface area contributed by atoms with Crippen LogP contribution in [-0.2, 0) is 9.59 Å². The molecular formula is C12H21NO3. The molecule has 0 bridgehead atoms. The van der Waals surface area contributed by atoms with Gasteiger partial charge in [0.15, 0.2) is 0 Å². The molecule has 92 valence electrons. The summed E-state index contributed by atoms with van der Waals surface area (Å²) in [6.07, 6.45) is 4.95. The number of carbonyl (C=O) groups is 2. The van der Waals surface area contributed by atoms with Crippen LogP contribution < -0.4 is 5.32 Å². The van der Waals surface area contributed by atoms with Gasteiger partial charge in [-0.05, 0) is 19.8 Å². The number of amides is 1. The normalized spacial score (nSPS) is 24.9. The number of hydrogen-bond donors (Lipinski definition) is 2. The number of carboxylic acids is 1. The number of hydrogen-bond acceptors (Lipinski definition) is 2. The molecule has 1 amide bonds. The summed E-state index contributed by atoms with van der Waals surface area (Å²) in [5, 5.41) is 11.6. The van der Waals surface area contributed by atoms with Crippen LogP contribution in [0.3, 0.4) is 0 Å². The summed E-state index contributed by atoms with van der Waals surface area (Å²) < 4.78 is 0. The van der Waals surface area contributed by atoms with Crippen LogP contribution in [0.2, 0.25) is 0 Å². The van der Waals surface area contributed by atoms with E-state index < -0.39 is 11.9 Å². The molecule has 1 aliphatic rings. The fourth-order valence-electron chi connectivity index (χ4n) is 1.88. The first-order chi connectivity index (χ1) is 7.56. The summed E-state index contributed by atoms with van der Waals surface area (Å²) in [5.41, 5.74) is 0. The Morgan fingerprint density at radius 3 is 2.56 bits per heavy atom. The van der Waals surface area contributed by atoms with E-state index in [1.807, 2.05) is 6.92 Å². The molecule has 0 aromatic carbocycles. The molecule has 0 aliphatic heterocycles. The first-order valence-corrected chi connectivity index (χ1v) is 6.09. The minimum Gasteiger partial charge on any atom is -0.481 e. The van der Waals surface area contributed by atoms with E-state index in [4.69, 9.17) is 5.11 Å². The van der Waals surface area contributed by atoms with Gasteiger partial charge in [0.05, 0.1) is 11.8 Å². The first-order valence-electron chi connectivity index (χ1n) is 6.09. The summed E-state index contributed by atoms with van der Waals surface area (Å²) in [6.45, 7) is 4.12. The zero-order chi connectivity index (χ0) is 12.1. The maximum atomic E-state index is 11.6. The van der Waals surface area contributed by atoms with Crippen LogP contribution in [0.25, 0.3) is 0 Å². The number of unbranched alkanes of at least 4 members (excludes halogenated alkanes) is 2. The third kappa shape index (κ3) is 3.83. The highest BCUT2D eigenvalue weighted by molar-refractivity contribution is 5.89. The van der Waals surface area contributed by atoms with E-state index in [9.17, 15) is 9.59 Å². The van der Waals surface area contributed by atoms with Crippen molar-refractivity contribution in [3.63, 3.8) is 0 Å². The second-order valence-electron chi connectivity index (χ2n) is 4.69. The molecule has 1 aliphatic carbocycles. The number of rotatable bonds is 7. The van der Waals surface area contributed by atoms with E-state index in [2.05, 4.69) is 12.2 Å². The highest BCUT2D eigenvalue weighted by atomic mass is 16.4. The van der Waals surface area contributed by atoms with Crippen LogP contribution >= 0.6 is 0 Å². The van der Waals surface area contributed by atoms with E-state index in [1.165, 1.54) is 12.8 Å². The van der Waals surface area contributed by atoms with Crippen molar-refractivity contribution in [2.24, 2.45) is 11.8 Å². The maximum absolute atomic E-state index is 11.6. The Morgan fingerprint density at radius 1 is 1.38 bits per heavy atom. The second kappa shape index (κ2) is 5.87. The molecule has 2 N–H and O–H groups in total. The number of carboxylic acid groups (broad SMARTS) is 1. The summed E-state index contributed by atoms with van der Waals surface area (Å²) in [4.78, 5) is 22.2. The van der Waals surface area contributed by atoms with Crippen LogP contribution in [0, 0.1) is 11.8 Å². The topological polar surface area (TPSA) is 66.4 Å². The van der Waals surface area contributed by atoms with Gasteiger partial charge in [-0.15, -0.1) is 0 Å². The molecule has 3 atom stereocenters. The molecule has 0 spiro atoms. The SMILES string of the molecule is CCCCCC(C)NC(=O)[C@@H]1C[C@@H]1C(=O)O. The van der Waals surface area contributed by atoms with Gasteiger partial charge in [0, 0.05) is 6.04 Å². The quantitative estimate of drug-likeness (QED) is 0.652. The molecule has 4 heteroatoms. The lowest BCUT2D eigenvalue weighted by atomic mass is 10.1. The van der Waals surface area contributed by atoms with Gasteiger partial charge < -0.3 is 10.4 Å². The third-order valence-corrected chi connectivity index (χ3v) is 3.07. The Morgan fingerprint density at radius 2 is 2.06 bits per heavy atom. The lowest BCUT2D eigenvalue weighted by Gasteiger charge is -2.13. The average molecular weight is 227 g/mol. The van der Waals surface area contributed by atoms with Crippen molar-refractivity contribution in [3.05, 3.63) is 0 Å². The van der Waals surface area contributed by atoms with Crippen molar-refractivity contribution in [1.82, 2.24) is 5.32 Å². The van der Waals surface area contributed by atoms with Gasteiger partial charge in [0.1, 0.15) is 0 Å². The maximum Gasteiger partial charge on any atom is 0.307 e. The van der Waals surface area contributed by atoms with Crippen LogP contribution in [-0.4, -0.2) is 23.0 Å². The number of carbonyl (C=O) groups excluding carboxylic acids is 1. The Hall–Kier alpha value is -1.06. The van der Waals surface area contributed by atoms with Crippen molar-refractivity contribution in [2.75, 3.05) is 0 Å². The second-order valence-corrected chi connectivity index (χ2v) is 4.69. The van der Waals surface area contributed by atoms with Crippen molar-refractivity contribution in [2.45, 2.75) is 52.0 Å². The largest absolute Gasteiger partial charge is 0.481 e.